The van der Waals surface area contributed by atoms with Crippen molar-refractivity contribution in [2.75, 3.05) is 37.9 Å². The second kappa shape index (κ2) is 8.35. The highest BCUT2D eigenvalue weighted by molar-refractivity contribution is 5.90. The van der Waals surface area contributed by atoms with Crippen LogP contribution in [0, 0.1) is 5.82 Å². The van der Waals surface area contributed by atoms with Gasteiger partial charge in [0, 0.05) is 18.5 Å². The van der Waals surface area contributed by atoms with E-state index in [1.165, 1.54) is 12.1 Å². The molecule has 2 N–H and O–H groups in total. The van der Waals surface area contributed by atoms with Gasteiger partial charge in [-0.1, -0.05) is 24.3 Å². The van der Waals surface area contributed by atoms with Crippen LogP contribution in [0.25, 0.3) is 10.9 Å². The van der Waals surface area contributed by atoms with E-state index in [-0.39, 0.29) is 5.82 Å². The molecule has 26 heavy (non-hydrogen) atoms. The van der Waals surface area contributed by atoms with Gasteiger partial charge in [0.25, 0.3) is 0 Å². The molecule has 6 nitrogen and oxygen atoms in total. The normalized spacial score (nSPS) is 11.4. The van der Waals surface area contributed by atoms with E-state index in [0.717, 1.165) is 35.4 Å². The van der Waals surface area contributed by atoms with Crippen LogP contribution in [-0.2, 0) is 0 Å². The number of rotatable bonds is 7. The van der Waals surface area contributed by atoms with Crippen LogP contribution in [0.2, 0.25) is 0 Å². The number of para-hydroxylation sites is 1. The van der Waals surface area contributed by atoms with Crippen LogP contribution in [0.5, 0.6) is 0 Å². The highest BCUT2D eigenvalue weighted by atomic mass is 19.1. The Morgan fingerprint density at radius 3 is 2.62 bits per heavy atom. The Hall–Kier alpha value is -3.06. The van der Waals surface area contributed by atoms with Gasteiger partial charge in [-0.2, -0.15) is 10.1 Å². The second-order valence-corrected chi connectivity index (χ2v) is 6.06. The number of nitrogens with one attached hydrogen (secondary N) is 2. The monoisotopic (exact) mass is 352 g/mol. The molecule has 7 heteroatoms. The molecule has 1 heterocycles. The fraction of sp³-hybridized carbons (Fsp3) is 0.211. The standard InChI is InChI=1S/C19H21FN6/c1-26(2)12-11-21-18-16-5-3-4-6-17(16)23-19(24-18)25-22-13-14-7-9-15(20)10-8-14/h3-10,13H,11-12H2,1-2H3,(H2,21,23,24,25). The molecule has 0 bridgehead atoms. The molecule has 134 valence electrons. The Labute approximate surface area is 151 Å². The minimum atomic E-state index is -0.276. The number of likely N-dealkylation sites (N-methyl/N-ethyl adjacent to an activating group) is 1. The second-order valence-electron chi connectivity index (χ2n) is 6.06. The van der Waals surface area contributed by atoms with Gasteiger partial charge in [-0.3, -0.25) is 0 Å². The lowest BCUT2D eigenvalue weighted by Gasteiger charge is -2.13. The maximum absolute atomic E-state index is 12.9. The van der Waals surface area contributed by atoms with E-state index in [1.54, 1.807) is 18.3 Å². The molecule has 0 amide bonds. The van der Waals surface area contributed by atoms with Crippen molar-refractivity contribution in [3.05, 3.63) is 59.9 Å². The first kappa shape index (κ1) is 17.8. The van der Waals surface area contributed by atoms with Crippen molar-refractivity contribution in [2.45, 2.75) is 0 Å². The fourth-order valence-corrected chi connectivity index (χ4v) is 2.37. The van der Waals surface area contributed by atoms with Crippen molar-refractivity contribution in [1.29, 1.82) is 0 Å². The molecule has 0 fully saturated rings. The van der Waals surface area contributed by atoms with E-state index >= 15 is 0 Å². The average Bonchev–Trinajstić information content (AvgIpc) is 2.63. The van der Waals surface area contributed by atoms with Crippen molar-refractivity contribution in [2.24, 2.45) is 5.10 Å². The zero-order valence-corrected chi connectivity index (χ0v) is 14.8. The quantitative estimate of drug-likeness (QED) is 0.505. The van der Waals surface area contributed by atoms with Gasteiger partial charge >= 0.3 is 0 Å². The summed E-state index contributed by atoms with van der Waals surface area (Å²) in [5.41, 5.74) is 4.45. The number of benzene rings is 2. The molecule has 0 aliphatic heterocycles. The summed E-state index contributed by atoms with van der Waals surface area (Å²) < 4.78 is 12.9. The van der Waals surface area contributed by atoms with Crippen molar-refractivity contribution in [3.8, 4) is 0 Å². The van der Waals surface area contributed by atoms with Gasteiger partial charge in [0.05, 0.1) is 11.7 Å². The molecule has 0 spiro atoms. The minimum absolute atomic E-state index is 0.276. The van der Waals surface area contributed by atoms with Crippen LogP contribution >= 0.6 is 0 Å². The average molecular weight is 352 g/mol. The lowest BCUT2D eigenvalue weighted by Crippen LogP contribution is -2.21. The van der Waals surface area contributed by atoms with Crippen molar-refractivity contribution >= 4 is 28.9 Å². The zero-order valence-electron chi connectivity index (χ0n) is 14.8. The van der Waals surface area contributed by atoms with E-state index in [0.29, 0.717) is 5.95 Å². The molecule has 0 aliphatic rings. The summed E-state index contributed by atoms with van der Waals surface area (Å²) in [5.74, 6) is 0.882. The molecule has 0 atom stereocenters. The van der Waals surface area contributed by atoms with Crippen molar-refractivity contribution in [3.63, 3.8) is 0 Å². The van der Waals surface area contributed by atoms with Gasteiger partial charge in [0.1, 0.15) is 11.6 Å². The Kier molecular flexibility index (Phi) is 5.70. The summed E-state index contributed by atoms with van der Waals surface area (Å²) in [6.07, 6.45) is 1.59. The first-order chi connectivity index (χ1) is 12.6. The maximum Gasteiger partial charge on any atom is 0.246 e. The summed E-state index contributed by atoms with van der Waals surface area (Å²) in [6.45, 7) is 1.66. The van der Waals surface area contributed by atoms with Gasteiger partial charge < -0.3 is 10.2 Å². The number of aromatic nitrogens is 2. The van der Waals surface area contributed by atoms with E-state index in [2.05, 4.69) is 30.7 Å². The molecular weight excluding hydrogens is 331 g/mol. The van der Waals surface area contributed by atoms with Crippen molar-refractivity contribution < 1.29 is 4.39 Å². The van der Waals surface area contributed by atoms with Gasteiger partial charge in [-0.15, -0.1) is 0 Å². The zero-order chi connectivity index (χ0) is 18.4. The molecule has 0 radical (unpaired) electrons. The molecule has 3 rings (SSSR count). The SMILES string of the molecule is CN(C)CCNc1nc(NN=Cc2ccc(F)cc2)nc2ccccc12. The first-order valence-electron chi connectivity index (χ1n) is 8.32. The van der Waals surface area contributed by atoms with E-state index < -0.39 is 0 Å². The first-order valence-corrected chi connectivity index (χ1v) is 8.32. The summed E-state index contributed by atoms with van der Waals surface area (Å²) in [6, 6.07) is 13.9. The highest BCUT2D eigenvalue weighted by Crippen LogP contribution is 2.21. The van der Waals surface area contributed by atoms with Crippen LogP contribution in [0.4, 0.5) is 16.2 Å². The topological polar surface area (TPSA) is 65.4 Å². The third-order valence-corrected chi connectivity index (χ3v) is 3.70. The molecular formula is C19H21FN6. The molecule has 0 saturated heterocycles. The Morgan fingerprint density at radius 1 is 1.08 bits per heavy atom. The van der Waals surface area contributed by atoms with Gasteiger partial charge in [-0.05, 0) is 43.9 Å². The number of halogens is 1. The molecule has 2 aromatic carbocycles. The van der Waals surface area contributed by atoms with E-state index in [9.17, 15) is 4.39 Å². The highest BCUT2D eigenvalue weighted by Gasteiger charge is 2.06. The summed E-state index contributed by atoms with van der Waals surface area (Å²) in [5, 5.41) is 8.44. The molecule has 3 aromatic rings. The third kappa shape index (κ3) is 4.73. The fourth-order valence-electron chi connectivity index (χ4n) is 2.37. The van der Waals surface area contributed by atoms with Gasteiger partial charge in [0.2, 0.25) is 5.95 Å². The van der Waals surface area contributed by atoms with Gasteiger partial charge in [0.15, 0.2) is 0 Å². The van der Waals surface area contributed by atoms with E-state index in [4.69, 9.17) is 0 Å². The van der Waals surface area contributed by atoms with E-state index in [1.807, 2.05) is 38.4 Å². The third-order valence-electron chi connectivity index (χ3n) is 3.70. The predicted octanol–water partition coefficient (Wildman–Crippen LogP) is 3.19. The van der Waals surface area contributed by atoms with Crippen LogP contribution in [0.15, 0.2) is 53.6 Å². The number of anilines is 2. The number of hydrogen-bond acceptors (Lipinski definition) is 6. The molecule has 0 saturated carbocycles. The predicted molar refractivity (Wildman–Crippen MR) is 104 cm³/mol. The van der Waals surface area contributed by atoms with Crippen LogP contribution in [0.3, 0.4) is 0 Å². The maximum atomic E-state index is 12.9. The summed E-state index contributed by atoms with van der Waals surface area (Å²) in [7, 11) is 4.05. The number of hydrazone groups is 1. The Balaban J connectivity index is 1.78. The molecule has 0 unspecified atom stereocenters. The largest absolute Gasteiger partial charge is 0.368 e. The number of fused-ring (bicyclic) bond motifs is 1. The Bertz CT molecular complexity index is 892. The number of hydrogen-bond donors (Lipinski definition) is 2. The van der Waals surface area contributed by atoms with Gasteiger partial charge in [-0.25, -0.2) is 14.8 Å². The Morgan fingerprint density at radius 2 is 1.85 bits per heavy atom. The lowest BCUT2D eigenvalue weighted by atomic mass is 10.2. The smallest absolute Gasteiger partial charge is 0.246 e. The molecule has 1 aromatic heterocycles. The molecule has 0 aliphatic carbocycles. The van der Waals surface area contributed by atoms with Crippen LogP contribution in [0.1, 0.15) is 5.56 Å². The van der Waals surface area contributed by atoms with Crippen molar-refractivity contribution in [1.82, 2.24) is 14.9 Å². The summed E-state index contributed by atoms with van der Waals surface area (Å²) >= 11 is 0. The van der Waals surface area contributed by atoms with Crippen LogP contribution in [-0.4, -0.2) is 48.3 Å². The minimum Gasteiger partial charge on any atom is -0.368 e. The van der Waals surface area contributed by atoms with Crippen LogP contribution < -0.4 is 10.7 Å². The summed E-state index contributed by atoms with van der Waals surface area (Å²) in [4.78, 5) is 11.1. The number of nitrogens with zero attached hydrogens (tertiary/aromatic N) is 4. The lowest BCUT2D eigenvalue weighted by molar-refractivity contribution is 0.425.